The van der Waals surface area contributed by atoms with Crippen molar-refractivity contribution in [3.63, 3.8) is 0 Å². The number of nitrogens with zero attached hydrogens (tertiary/aromatic N) is 3. The molecule has 0 spiro atoms. The molecule has 4 nitrogen and oxygen atoms in total. The standard InChI is InChI=1S/C14H19BrN4S/c1-4-5-16-13-10(2)14(18-9-17-13)19(3)7-11-6-12(15)20-8-11/h6,8-9H,4-5,7H2,1-3H3,(H,16,17,18). The van der Waals surface area contributed by atoms with E-state index in [2.05, 4.69) is 68.5 Å². The molecule has 0 radical (unpaired) electrons. The number of aromatic nitrogens is 2. The predicted octanol–water partition coefficient (Wildman–Crippen LogP) is 4.07. The van der Waals surface area contributed by atoms with Gasteiger partial charge in [0.25, 0.3) is 0 Å². The van der Waals surface area contributed by atoms with Crippen molar-refractivity contribution in [1.29, 1.82) is 0 Å². The molecular formula is C14H19BrN4S. The normalized spacial score (nSPS) is 10.6. The minimum absolute atomic E-state index is 0.840. The Labute approximate surface area is 132 Å². The molecule has 0 aliphatic heterocycles. The van der Waals surface area contributed by atoms with Crippen molar-refractivity contribution in [2.45, 2.75) is 26.8 Å². The highest BCUT2D eigenvalue weighted by Crippen LogP contribution is 2.25. The molecule has 108 valence electrons. The fraction of sp³-hybridized carbons (Fsp3) is 0.429. The van der Waals surface area contributed by atoms with Gasteiger partial charge in [-0.1, -0.05) is 6.92 Å². The smallest absolute Gasteiger partial charge is 0.137 e. The summed E-state index contributed by atoms with van der Waals surface area (Å²) in [6, 6.07) is 2.15. The summed E-state index contributed by atoms with van der Waals surface area (Å²) < 4.78 is 1.16. The molecule has 0 bridgehead atoms. The number of thiophene rings is 1. The summed E-state index contributed by atoms with van der Waals surface area (Å²) in [5.74, 6) is 1.90. The Bertz CT molecular complexity index is 570. The lowest BCUT2D eigenvalue weighted by molar-refractivity contribution is 0.881. The largest absolute Gasteiger partial charge is 0.370 e. The van der Waals surface area contributed by atoms with Crippen molar-refractivity contribution in [3.8, 4) is 0 Å². The van der Waals surface area contributed by atoms with Crippen LogP contribution in [0.4, 0.5) is 11.6 Å². The van der Waals surface area contributed by atoms with Gasteiger partial charge in [-0.25, -0.2) is 9.97 Å². The molecule has 1 N–H and O–H groups in total. The van der Waals surface area contributed by atoms with Gasteiger partial charge in [-0.2, -0.15) is 0 Å². The van der Waals surface area contributed by atoms with Crippen LogP contribution in [0, 0.1) is 6.92 Å². The Kier molecular flexibility index (Phi) is 5.37. The van der Waals surface area contributed by atoms with Crippen LogP contribution in [0.3, 0.4) is 0 Å². The summed E-state index contributed by atoms with van der Waals surface area (Å²) >= 11 is 5.20. The van der Waals surface area contributed by atoms with Crippen LogP contribution in [0.5, 0.6) is 0 Å². The Hall–Kier alpha value is -1.14. The predicted molar refractivity (Wildman–Crippen MR) is 89.7 cm³/mol. The summed E-state index contributed by atoms with van der Waals surface area (Å²) in [4.78, 5) is 10.9. The van der Waals surface area contributed by atoms with Gasteiger partial charge in [0.1, 0.15) is 18.0 Å². The van der Waals surface area contributed by atoms with Gasteiger partial charge < -0.3 is 10.2 Å². The Morgan fingerprint density at radius 2 is 2.20 bits per heavy atom. The summed E-state index contributed by atoms with van der Waals surface area (Å²) in [5.41, 5.74) is 2.38. The van der Waals surface area contributed by atoms with Crippen LogP contribution < -0.4 is 10.2 Å². The van der Waals surface area contributed by atoms with Crippen LogP contribution in [0.15, 0.2) is 21.6 Å². The van der Waals surface area contributed by atoms with Crippen LogP contribution in [0.2, 0.25) is 0 Å². The van der Waals surface area contributed by atoms with Crippen LogP contribution in [-0.4, -0.2) is 23.6 Å². The third kappa shape index (κ3) is 3.70. The minimum Gasteiger partial charge on any atom is -0.370 e. The Morgan fingerprint density at radius 3 is 2.85 bits per heavy atom. The first-order chi connectivity index (χ1) is 9.61. The quantitative estimate of drug-likeness (QED) is 0.848. The molecule has 2 aromatic rings. The molecule has 6 heteroatoms. The van der Waals surface area contributed by atoms with Crippen molar-refractivity contribution in [3.05, 3.63) is 32.7 Å². The van der Waals surface area contributed by atoms with E-state index in [-0.39, 0.29) is 0 Å². The molecular weight excluding hydrogens is 336 g/mol. The second-order valence-corrected chi connectivity index (χ2v) is 7.00. The van der Waals surface area contributed by atoms with E-state index in [0.717, 1.165) is 40.5 Å². The molecule has 2 heterocycles. The molecule has 2 rings (SSSR count). The van der Waals surface area contributed by atoms with Gasteiger partial charge in [-0.05, 0) is 46.3 Å². The average molecular weight is 355 g/mol. The molecule has 0 aliphatic rings. The number of hydrogen-bond donors (Lipinski definition) is 1. The molecule has 2 aromatic heterocycles. The van der Waals surface area contributed by atoms with Crippen LogP contribution in [0.25, 0.3) is 0 Å². The maximum atomic E-state index is 4.42. The lowest BCUT2D eigenvalue weighted by Crippen LogP contribution is -2.19. The molecule has 0 aliphatic carbocycles. The first-order valence-electron chi connectivity index (χ1n) is 6.61. The number of halogens is 1. The van der Waals surface area contributed by atoms with Crippen molar-refractivity contribution in [1.82, 2.24) is 9.97 Å². The van der Waals surface area contributed by atoms with E-state index in [4.69, 9.17) is 0 Å². The number of nitrogens with one attached hydrogen (secondary N) is 1. The zero-order chi connectivity index (χ0) is 14.5. The molecule has 0 aromatic carbocycles. The van der Waals surface area contributed by atoms with Gasteiger partial charge in [-0.3, -0.25) is 0 Å². The highest BCUT2D eigenvalue weighted by molar-refractivity contribution is 9.11. The lowest BCUT2D eigenvalue weighted by atomic mass is 10.2. The van der Waals surface area contributed by atoms with E-state index in [1.807, 2.05) is 0 Å². The second kappa shape index (κ2) is 7.04. The number of rotatable bonds is 6. The van der Waals surface area contributed by atoms with Crippen LogP contribution in [-0.2, 0) is 6.54 Å². The highest BCUT2D eigenvalue weighted by atomic mass is 79.9. The second-order valence-electron chi connectivity index (χ2n) is 4.71. The van der Waals surface area contributed by atoms with Crippen LogP contribution in [0.1, 0.15) is 24.5 Å². The molecule has 0 fully saturated rings. The van der Waals surface area contributed by atoms with E-state index < -0.39 is 0 Å². The molecule has 0 atom stereocenters. The fourth-order valence-electron chi connectivity index (χ4n) is 2.02. The topological polar surface area (TPSA) is 41.1 Å². The monoisotopic (exact) mass is 354 g/mol. The summed E-state index contributed by atoms with van der Waals surface area (Å²) in [7, 11) is 2.06. The molecule has 0 saturated heterocycles. The number of hydrogen-bond acceptors (Lipinski definition) is 5. The Balaban J connectivity index is 2.14. The molecule has 0 unspecified atom stereocenters. The van der Waals surface area contributed by atoms with Gasteiger partial charge in [0.05, 0.1) is 3.79 Å². The zero-order valence-corrected chi connectivity index (χ0v) is 14.4. The van der Waals surface area contributed by atoms with Gasteiger partial charge in [-0.15, -0.1) is 11.3 Å². The van der Waals surface area contributed by atoms with Gasteiger partial charge >= 0.3 is 0 Å². The lowest BCUT2D eigenvalue weighted by Gasteiger charge is -2.20. The maximum Gasteiger partial charge on any atom is 0.137 e. The number of anilines is 2. The van der Waals surface area contributed by atoms with E-state index >= 15 is 0 Å². The van der Waals surface area contributed by atoms with Crippen molar-refractivity contribution in [2.24, 2.45) is 0 Å². The van der Waals surface area contributed by atoms with Gasteiger partial charge in [0, 0.05) is 25.7 Å². The third-order valence-electron chi connectivity index (χ3n) is 3.00. The molecule has 20 heavy (non-hydrogen) atoms. The summed E-state index contributed by atoms with van der Waals surface area (Å²) in [5, 5.41) is 5.50. The van der Waals surface area contributed by atoms with Crippen LogP contribution >= 0.6 is 27.3 Å². The summed E-state index contributed by atoms with van der Waals surface area (Å²) in [6.45, 7) is 5.98. The van der Waals surface area contributed by atoms with Gasteiger partial charge in [0.2, 0.25) is 0 Å². The Morgan fingerprint density at radius 1 is 1.40 bits per heavy atom. The maximum absolute atomic E-state index is 4.42. The zero-order valence-electron chi connectivity index (χ0n) is 12.0. The van der Waals surface area contributed by atoms with Crippen molar-refractivity contribution >= 4 is 38.9 Å². The third-order valence-corrected chi connectivity index (χ3v) is 4.56. The minimum atomic E-state index is 0.840. The van der Waals surface area contributed by atoms with Crippen molar-refractivity contribution < 1.29 is 0 Å². The first-order valence-corrected chi connectivity index (χ1v) is 8.28. The molecule has 0 amide bonds. The van der Waals surface area contributed by atoms with Gasteiger partial charge in [0.15, 0.2) is 0 Å². The first kappa shape index (κ1) is 15.3. The highest BCUT2D eigenvalue weighted by Gasteiger charge is 2.11. The van der Waals surface area contributed by atoms with E-state index in [1.54, 1.807) is 17.7 Å². The fourth-order valence-corrected chi connectivity index (χ4v) is 3.23. The van der Waals surface area contributed by atoms with E-state index in [9.17, 15) is 0 Å². The van der Waals surface area contributed by atoms with E-state index in [1.165, 1.54) is 5.56 Å². The molecule has 0 saturated carbocycles. The van der Waals surface area contributed by atoms with Crippen molar-refractivity contribution in [2.75, 3.05) is 23.8 Å². The van der Waals surface area contributed by atoms with E-state index in [0.29, 0.717) is 0 Å². The SMILES string of the molecule is CCCNc1ncnc(N(C)Cc2csc(Br)c2)c1C. The summed E-state index contributed by atoms with van der Waals surface area (Å²) in [6.07, 6.45) is 2.71. The average Bonchev–Trinajstić information content (AvgIpc) is 2.83.